The number of carboxylic acid groups (broad SMARTS) is 1. The molecule has 2 nitrogen and oxygen atoms in total. The Balaban J connectivity index is 2.08. The monoisotopic (exact) mass is 216 g/mol. The lowest BCUT2D eigenvalue weighted by Crippen LogP contribution is -2.02. The molecule has 0 fully saturated rings. The molecule has 2 heteroatoms. The van der Waals surface area contributed by atoms with Crippen molar-refractivity contribution in [1.29, 1.82) is 0 Å². The fourth-order valence-corrected chi connectivity index (χ4v) is 2.21. The maximum absolute atomic E-state index is 10.3. The maximum Gasteiger partial charge on any atom is 0.327 e. The highest BCUT2D eigenvalue weighted by atomic mass is 16.4. The van der Waals surface area contributed by atoms with Crippen molar-refractivity contribution in [3.63, 3.8) is 0 Å². The molecule has 0 radical (unpaired) electrons. The molecule has 1 aliphatic carbocycles. The third-order valence-corrected chi connectivity index (χ3v) is 3.03. The molecule has 0 spiro atoms. The Morgan fingerprint density at radius 1 is 1.25 bits per heavy atom. The third-order valence-electron chi connectivity index (χ3n) is 3.03. The summed E-state index contributed by atoms with van der Waals surface area (Å²) >= 11 is 0. The van der Waals surface area contributed by atoms with E-state index < -0.39 is 5.97 Å². The first-order valence-electron chi connectivity index (χ1n) is 5.76. The Labute approximate surface area is 95.6 Å². The average Bonchev–Trinajstić information content (AvgIpc) is 2.28. The second-order valence-corrected chi connectivity index (χ2v) is 4.25. The van der Waals surface area contributed by atoms with Crippen LogP contribution in [0.15, 0.2) is 30.4 Å². The molecule has 0 aromatic heterocycles. The molecule has 1 aliphatic rings. The van der Waals surface area contributed by atoms with Crippen molar-refractivity contribution < 1.29 is 9.90 Å². The van der Waals surface area contributed by atoms with Crippen LogP contribution in [0.2, 0.25) is 0 Å². The van der Waals surface area contributed by atoms with E-state index in [-0.39, 0.29) is 0 Å². The van der Waals surface area contributed by atoms with E-state index in [0.29, 0.717) is 6.42 Å². The summed E-state index contributed by atoms with van der Waals surface area (Å²) in [6.45, 7) is 0. The summed E-state index contributed by atoms with van der Waals surface area (Å²) in [7, 11) is 0. The molecule has 1 N–H and O–H groups in total. The number of rotatable bonds is 3. The molecule has 2 rings (SSSR count). The SMILES string of the molecule is O=C(O)/C=C/Cc1ccc2c(c1)CCCC2. The van der Waals surface area contributed by atoms with E-state index in [9.17, 15) is 4.79 Å². The molecular weight excluding hydrogens is 200 g/mol. The van der Waals surface area contributed by atoms with Gasteiger partial charge < -0.3 is 5.11 Å². The smallest absolute Gasteiger partial charge is 0.327 e. The van der Waals surface area contributed by atoms with Gasteiger partial charge in [-0.1, -0.05) is 24.3 Å². The number of aryl methyl sites for hydroxylation is 2. The van der Waals surface area contributed by atoms with Gasteiger partial charge in [0.1, 0.15) is 0 Å². The summed E-state index contributed by atoms with van der Waals surface area (Å²) in [5.74, 6) is -0.877. The second kappa shape index (κ2) is 4.97. The van der Waals surface area contributed by atoms with Crippen molar-refractivity contribution in [2.45, 2.75) is 32.1 Å². The zero-order valence-corrected chi connectivity index (χ0v) is 9.28. The zero-order valence-electron chi connectivity index (χ0n) is 9.28. The van der Waals surface area contributed by atoms with Crippen molar-refractivity contribution >= 4 is 5.97 Å². The standard InChI is InChI=1S/C14H16O2/c15-14(16)7-3-4-11-8-9-12-5-1-2-6-13(12)10-11/h3,7-10H,1-2,4-6H2,(H,15,16)/b7-3+. The number of carboxylic acids is 1. The number of carbonyl (C=O) groups is 1. The van der Waals surface area contributed by atoms with Gasteiger partial charge in [-0.25, -0.2) is 4.79 Å². The van der Waals surface area contributed by atoms with Gasteiger partial charge in [0, 0.05) is 6.08 Å². The van der Waals surface area contributed by atoms with Crippen LogP contribution in [-0.2, 0) is 24.1 Å². The van der Waals surface area contributed by atoms with Gasteiger partial charge in [0.05, 0.1) is 0 Å². The van der Waals surface area contributed by atoms with Crippen LogP contribution in [0.1, 0.15) is 29.5 Å². The van der Waals surface area contributed by atoms with Gasteiger partial charge in [-0.3, -0.25) is 0 Å². The molecule has 1 aromatic rings. The molecule has 0 amide bonds. The quantitative estimate of drug-likeness (QED) is 0.789. The van der Waals surface area contributed by atoms with Gasteiger partial charge in [0.15, 0.2) is 0 Å². The molecular formula is C14H16O2. The largest absolute Gasteiger partial charge is 0.478 e. The number of hydrogen-bond acceptors (Lipinski definition) is 1. The Morgan fingerprint density at radius 2 is 2.00 bits per heavy atom. The first-order valence-corrected chi connectivity index (χ1v) is 5.76. The predicted octanol–water partition coefficient (Wildman–Crippen LogP) is 2.75. The van der Waals surface area contributed by atoms with Crippen molar-refractivity contribution in [1.82, 2.24) is 0 Å². The molecule has 84 valence electrons. The topological polar surface area (TPSA) is 37.3 Å². The fourth-order valence-electron chi connectivity index (χ4n) is 2.21. The summed E-state index contributed by atoms with van der Waals surface area (Å²) in [5.41, 5.74) is 4.13. The van der Waals surface area contributed by atoms with Gasteiger partial charge >= 0.3 is 5.97 Å². The molecule has 0 heterocycles. The summed E-state index contributed by atoms with van der Waals surface area (Å²) in [6, 6.07) is 6.52. The van der Waals surface area contributed by atoms with Crippen molar-refractivity contribution in [3.8, 4) is 0 Å². The predicted molar refractivity (Wildman–Crippen MR) is 63.6 cm³/mol. The molecule has 0 bridgehead atoms. The fraction of sp³-hybridized carbons (Fsp3) is 0.357. The Bertz CT molecular complexity index is 419. The number of hydrogen-bond donors (Lipinski definition) is 1. The van der Waals surface area contributed by atoms with Crippen LogP contribution in [0.25, 0.3) is 0 Å². The second-order valence-electron chi connectivity index (χ2n) is 4.25. The van der Waals surface area contributed by atoms with E-state index in [0.717, 1.165) is 0 Å². The average molecular weight is 216 g/mol. The van der Waals surface area contributed by atoms with Crippen LogP contribution >= 0.6 is 0 Å². The van der Waals surface area contributed by atoms with Crippen LogP contribution in [-0.4, -0.2) is 11.1 Å². The minimum atomic E-state index is -0.877. The molecule has 0 saturated heterocycles. The van der Waals surface area contributed by atoms with Gasteiger partial charge in [0.2, 0.25) is 0 Å². The normalized spacial score (nSPS) is 15.0. The number of allylic oxidation sites excluding steroid dienone is 1. The molecule has 16 heavy (non-hydrogen) atoms. The van der Waals surface area contributed by atoms with Crippen molar-refractivity contribution in [2.75, 3.05) is 0 Å². The minimum Gasteiger partial charge on any atom is -0.478 e. The lowest BCUT2D eigenvalue weighted by atomic mass is 9.90. The maximum atomic E-state index is 10.3. The highest BCUT2D eigenvalue weighted by molar-refractivity contribution is 5.79. The summed E-state index contributed by atoms with van der Waals surface area (Å²) < 4.78 is 0. The van der Waals surface area contributed by atoms with Gasteiger partial charge in [-0.2, -0.15) is 0 Å². The van der Waals surface area contributed by atoms with Crippen LogP contribution < -0.4 is 0 Å². The lowest BCUT2D eigenvalue weighted by Gasteiger charge is -2.16. The molecule has 0 unspecified atom stereocenters. The van der Waals surface area contributed by atoms with Gasteiger partial charge in [-0.05, 0) is 48.8 Å². The minimum absolute atomic E-state index is 0.708. The Kier molecular flexibility index (Phi) is 3.40. The highest BCUT2D eigenvalue weighted by Crippen LogP contribution is 2.22. The first kappa shape index (κ1) is 10.9. The van der Waals surface area contributed by atoms with Crippen LogP contribution in [0, 0.1) is 0 Å². The van der Waals surface area contributed by atoms with E-state index in [1.54, 1.807) is 6.08 Å². The van der Waals surface area contributed by atoms with E-state index >= 15 is 0 Å². The van der Waals surface area contributed by atoms with E-state index in [2.05, 4.69) is 18.2 Å². The highest BCUT2D eigenvalue weighted by Gasteiger charge is 2.08. The first-order chi connectivity index (χ1) is 7.75. The van der Waals surface area contributed by atoms with Crippen molar-refractivity contribution in [2.24, 2.45) is 0 Å². The van der Waals surface area contributed by atoms with E-state index in [4.69, 9.17) is 5.11 Å². The summed E-state index contributed by atoms with van der Waals surface area (Å²) in [4.78, 5) is 10.3. The van der Waals surface area contributed by atoms with Crippen LogP contribution in [0.4, 0.5) is 0 Å². The van der Waals surface area contributed by atoms with Gasteiger partial charge in [0.25, 0.3) is 0 Å². The molecule has 0 aliphatic heterocycles. The summed E-state index contributed by atoms with van der Waals surface area (Å²) in [5, 5.41) is 8.50. The zero-order chi connectivity index (χ0) is 11.4. The van der Waals surface area contributed by atoms with E-state index in [1.807, 2.05) is 0 Å². The lowest BCUT2D eigenvalue weighted by molar-refractivity contribution is -0.131. The Hall–Kier alpha value is -1.57. The van der Waals surface area contributed by atoms with Crippen molar-refractivity contribution in [3.05, 3.63) is 47.0 Å². The van der Waals surface area contributed by atoms with Crippen LogP contribution in [0.3, 0.4) is 0 Å². The molecule has 0 saturated carbocycles. The number of benzene rings is 1. The van der Waals surface area contributed by atoms with Gasteiger partial charge in [-0.15, -0.1) is 0 Å². The molecule has 0 atom stereocenters. The molecule has 1 aromatic carbocycles. The van der Waals surface area contributed by atoms with E-state index in [1.165, 1.54) is 48.4 Å². The number of aliphatic carboxylic acids is 1. The third kappa shape index (κ3) is 2.72. The Morgan fingerprint density at radius 3 is 2.75 bits per heavy atom. The van der Waals surface area contributed by atoms with Crippen LogP contribution in [0.5, 0.6) is 0 Å². The summed E-state index contributed by atoms with van der Waals surface area (Å²) in [6.07, 6.45) is 8.56. The number of fused-ring (bicyclic) bond motifs is 1.